The van der Waals surface area contributed by atoms with Crippen LogP contribution < -0.4 is 5.32 Å². The Bertz CT molecular complexity index is 131. The van der Waals surface area contributed by atoms with Gasteiger partial charge in [0.25, 0.3) is 0 Å². The predicted molar refractivity (Wildman–Crippen MR) is 51.9 cm³/mol. The topological polar surface area (TPSA) is 52.6 Å². The molecular weight excluding hydrogens is 176 g/mol. The van der Waals surface area contributed by atoms with E-state index in [9.17, 15) is 4.79 Å². The van der Waals surface area contributed by atoms with Gasteiger partial charge in [-0.1, -0.05) is 0 Å². The maximum Gasteiger partial charge on any atom is 0.404 e. The van der Waals surface area contributed by atoms with Crippen molar-refractivity contribution in [2.75, 3.05) is 38.7 Å². The van der Waals surface area contributed by atoms with Gasteiger partial charge in [-0.25, -0.2) is 4.79 Å². The second-order valence-corrected chi connectivity index (χ2v) is 3.87. The van der Waals surface area contributed by atoms with Gasteiger partial charge >= 0.3 is 6.09 Å². The number of nitrogens with one attached hydrogen (secondary N) is 1. The van der Waals surface area contributed by atoms with Gasteiger partial charge in [0, 0.05) is 24.6 Å². The average molecular weight is 192 g/mol. The van der Waals surface area contributed by atoms with Crippen LogP contribution in [-0.4, -0.2) is 54.8 Å². The minimum Gasteiger partial charge on any atom is -0.465 e. The molecule has 0 rings (SSSR count). The first kappa shape index (κ1) is 11.6. The summed E-state index contributed by atoms with van der Waals surface area (Å²) >= 11 is 1.76. The Balaban J connectivity index is 2.96. The summed E-state index contributed by atoms with van der Waals surface area (Å²) in [5.41, 5.74) is 0. The first-order chi connectivity index (χ1) is 5.63. The zero-order valence-electron chi connectivity index (χ0n) is 7.54. The molecule has 0 heterocycles. The van der Waals surface area contributed by atoms with Gasteiger partial charge in [-0.3, -0.25) is 0 Å². The Morgan fingerprint density at radius 2 is 2.17 bits per heavy atom. The maximum atomic E-state index is 10.0. The van der Waals surface area contributed by atoms with E-state index in [2.05, 4.69) is 10.2 Å². The van der Waals surface area contributed by atoms with Crippen molar-refractivity contribution >= 4 is 17.9 Å². The lowest BCUT2D eigenvalue weighted by Gasteiger charge is -2.08. The van der Waals surface area contributed by atoms with E-state index in [1.807, 2.05) is 14.1 Å². The monoisotopic (exact) mass is 192 g/mol. The van der Waals surface area contributed by atoms with E-state index >= 15 is 0 Å². The second-order valence-electron chi connectivity index (χ2n) is 2.65. The van der Waals surface area contributed by atoms with Crippen molar-refractivity contribution in [1.29, 1.82) is 0 Å². The third kappa shape index (κ3) is 9.58. The van der Waals surface area contributed by atoms with Crippen LogP contribution in [-0.2, 0) is 0 Å². The van der Waals surface area contributed by atoms with Crippen molar-refractivity contribution < 1.29 is 9.90 Å². The SMILES string of the molecule is CN(C)CCSCCNC(=O)O. The summed E-state index contributed by atoms with van der Waals surface area (Å²) < 4.78 is 0. The van der Waals surface area contributed by atoms with E-state index in [1.165, 1.54) is 0 Å². The highest BCUT2D eigenvalue weighted by atomic mass is 32.2. The molecule has 0 unspecified atom stereocenters. The predicted octanol–water partition coefficient (Wildman–Crippen LogP) is 0.549. The molecule has 0 aliphatic rings. The van der Waals surface area contributed by atoms with Crippen molar-refractivity contribution in [1.82, 2.24) is 10.2 Å². The zero-order valence-corrected chi connectivity index (χ0v) is 8.36. The Kier molecular flexibility index (Phi) is 6.99. The molecule has 0 saturated carbocycles. The standard InChI is InChI=1S/C7H16N2O2S/c1-9(2)4-6-12-5-3-8-7(10)11/h8H,3-6H2,1-2H3,(H,10,11). The molecule has 0 radical (unpaired) electrons. The summed E-state index contributed by atoms with van der Waals surface area (Å²) in [4.78, 5) is 12.1. The molecular formula is C7H16N2O2S. The largest absolute Gasteiger partial charge is 0.465 e. The van der Waals surface area contributed by atoms with Gasteiger partial charge in [0.15, 0.2) is 0 Å². The number of amides is 1. The van der Waals surface area contributed by atoms with Crippen LogP contribution in [0.1, 0.15) is 0 Å². The molecule has 0 aliphatic carbocycles. The number of nitrogens with zero attached hydrogens (tertiary/aromatic N) is 1. The van der Waals surface area contributed by atoms with Gasteiger partial charge in [0.2, 0.25) is 0 Å². The normalized spacial score (nSPS) is 10.2. The lowest BCUT2D eigenvalue weighted by molar-refractivity contribution is 0.195. The molecule has 0 aromatic carbocycles. The zero-order chi connectivity index (χ0) is 9.40. The summed E-state index contributed by atoms with van der Waals surface area (Å²) in [6.07, 6.45) is -0.941. The first-order valence-corrected chi connectivity index (χ1v) is 4.97. The fourth-order valence-electron chi connectivity index (χ4n) is 0.579. The molecule has 0 aliphatic heterocycles. The van der Waals surface area contributed by atoms with Crippen LogP contribution in [0.5, 0.6) is 0 Å². The Hall–Kier alpha value is -0.420. The molecule has 1 amide bonds. The van der Waals surface area contributed by atoms with Gasteiger partial charge in [-0.05, 0) is 14.1 Å². The minimum absolute atomic E-state index is 0.535. The van der Waals surface area contributed by atoms with E-state index in [-0.39, 0.29) is 0 Å². The Labute approximate surface area is 77.3 Å². The van der Waals surface area contributed by atoms with E-state index in [4.69, 9.17) is 5.11 Å². The molecule has 0 bridgehead atoms. The lowest BCUT2D eigenvalue weighted by atomic mass is 10.7. The molecule has 5 heteroatoms. The van der Waals surface area contributed by atoms with E-state index in [0.717, 1.165) is 18.1 Å². The number of carbonyl (C=O) groups is 1. The van der Waals surface area contributed by atoms with Gasteiger partial charge in [-0.15, -0.1) is 0 Å². The van der Waals surface area contributed by atoms with E-state index < -0.39 is 6.09 Å². The quantitative estimate of drug-likeness (QED) is 0.603. The first-order valence-electron chi connectivity index (χ1n) is 3.82. The maximum absolute atomic E-state index is 10.0. The van der Waals surface area contributed by atoms with Gasteiger partial charge in [0.1, 0.15) is 0 Å². The lowest BCUT2D eigenvalue weighted by Crippen LogP contribution is -2.23. The molecule has 0 aromatic heterocycles. The fraction of sp³-hybridized carbons (Fsp3) is 0.857. The number of thioether (sulfide) groups is 1. The summed E-state index contributed by atoms with van der Waals surface area (Å²) in [6, 6.07) is 0. The number of rotatable bonds is 6. The molecule has 0 saturated heterocycles. The average Bonchev–Trinajstić information content (AvgIpc) is 1.95. The van der Waals surface area contributed by atoms with Crippen molar-refractivity contribution in [3.05, 3.63) is 0 Å². The van der Waals surface area contributed by atoms with Crippen LogP contribution in [0.15, 0.2) is 0 Å². The summed E-state index contributed by atoms with van der Waals surface area (Å²) in [7, 11) is 4.05. The van der Waals surface area contributed by atoms with Gasteiger partial charge < -0.3 is 15.3 Å². The molecule has 0 spiro atoms. The number of hydrogen-bond donors (Lipinski definition) is 2. The van der Waals surface area contributed by atoms with Crippen LogP contribution in [0.2, 0.25) is 0 Å². The van der Waals surface area contributed by atoms with Crippen molar-refractivity contribution in [3.8, 4) is 0 Å². The molecule has 4 nitrogen and oxygen atoms in total. The summed E-state index contributed by atoms with van der Waals surface area (Å²) in [5.74, 6) is 1.90. The molecule has 0 fully saturated rings. The van der Waals surface area contributed by atoms with Crippen molar-refractivity contribution in [2.45, 2.75) is 0 Å². The number of carboxylic acid groups (broad SMARTS) is 1. The Morgan fingerprint density at radius 1 is 1.50 bits per heavy atom. The summed E-state index contributed by atoms with van der Waals surface area (Å²) in [6.45, 7) is 1.57. The highest BCUT2D eigenvalue weighted by Gasteiger charge is 1.94. The fourth-order valence-corrected chi connectivity index (χ4v) is 1.52. The van der Waals surface area contributed by atoms with Crippen LogP contribution in [0, 0.1) is 0 Å². The molecule has 0 atom stereocenters. The molecule has 72 valence electrons. The molecule has 2 N–H and O–H groups in total. The van der Waals surface area contributed by atoms with Crippen LogP contribution in [0.25, 0.3) is 0 Å². The third-order valence-corrected chi connectivity index (χ3v) is 2.17. The van der Waals surface area contributed by atoms with Crippen LogP contribution in [0.4, 0.5) is 4.79 Å². The van der Waals surface area contributed by atoms with Crippen LogP contribution in [0.3, 0.4) is 0 Å². The third-order valence-electron chi connectivity index (χ3n) is 1.21. The number of hydrogen-bond acceptors (Lipinski definition) is 3. The Morgan fingerprint density at radius 3 is 2.67 bits per heavy atom. The highest BCUT2D eigenvalue weighted by molar-refractivity contribution is 7.99. The van der Waals surface area contributed by atoms with Crippen LogP contribution >= 0.6 is 11.8 Å². The second kappa shape index (κ2) is 7.24. The molecule has 0 aromatic rings. The smallest absolute Gasteiger partial charge is 0.404 e. The van der Waals surface area contributed by atoms with E-state index in [0.29, 0.717) is 6.54 Å². The van der Waals surface area contributed by atoms with Gasteiger partial charge in [0.05, 0.1) is 0 Å². The highest BCUT2D eigenvalue weighted by Crippen LogP contribution is 1.97. The molecule has 12 heavy (non-hydrogen) atoms. The van der Waals surface area contributed by atoms with E-state index in [1.54, 1.807) is 11.8 Å². The van der Waals surface area contributed by atoms with Crippen molar-refractivity contribution in [2.24, 2.45) is 0 Å². The van der Waals surface area contributed by atoms with Crippen molar-refractivity contribution in [3.63, 3.8) is 0 Å². The van der Waals surface area contributed by atoms with Gasteiger partial charge in [-0.2, -0.15) is 11.8 Å². The summed E-state index contributed by atoms with van der Waals surface area (Å²) in [5, 5.41) is 10.5. The minimum atomic E-state index is -0.941.